The number of rotatable bonds is 9. The standard InChI is InChI=1S/C56H45N5/c1-37-16-10-12-22-49(37)57-39(3)33-43(34-40-17-6-4-7-18-40)46-29-28-45(32-38(46)2)59-51-24-14-11-21-47(51)48-35-41(26-30-52(48)59)42-27-31-54-55(36-42)61-53-25-15-13-23-50(53)58-56(61)60(54)44-19-8-5-9-20-44/h4-32,35-36,43H,33-34H2,1-3H3. The number of aliphatic imine (C=N–C) groups is 1. The number of aryl methyl sites for hydroxylation is 2. The normalized spacial score (nSPS) is 12.7. The Morgan fingerprint density at radius 1 is 0.525 bits per heavy atom. The van der Waals surface area contributed by atoms with E-state index in [0.717, 1.165) is 57.8 Å². The van der Waals surface area contributed by atoms with Crippen LogP contribution in [-0.2, 0) is 6.42 Å². The minimum Gasteiger partial charge on any atom is -0.309 e. The smallest absolute Gasteiger partial charge is 0.220 e. The molecule has 0 amide bonds. The van der Waals surface area contributed by atoms with Crippen molar-refractivity contribution in [2.45, 2.75) is 39.5 Å². The Morgan fingerprint density at radius 2 is 1.20 bits per heavy atom. The van der Waals surface area contributed by atoms with Gasteiger partial charge in [-0.2, -0.15) is 0 Å². The maximum Gasteiger partial charge on any atom is 0.220 e. The molecule has 0 spiro atoms. The van der Waals surface area contributed by atoms with Gasteiger partial charge in [-0.1, -0.05) is 115 Å². The lowest BCUT2D eigenvalue weighted by atomic mass is 9.85. The Labute approximate surface area is 355 Å². The third-order valence-corrected chi connectivity index (χ3v) is 12.5. The molecule has 1 atom stereocenters. The molecule has 61 heavy (non-hydrogen) atoms. The molecule has 8 aromatic carbocycles. The van der Waals surface area contributed by atoms with Crippen LogP contribution in [0.15, 0.2) is 193 Å². The molecular formula is C56H45N5. The highest BCUT2D eigenvalue weighted by molar-refractivity contribution is 6.10. The second kappa shape index (κ2) is 15.0. The Morgan fingerprint density at radius 3 is 2.00 bits per heavy atom. The average Bonchev–Trinajstić information content (AvgIpc) is 3.94. The average molecular weight is 788 g/mol. The molecule has 294 valence electrons. The molecule has 5 nitrogen and oxygen atoms in total. The molecule has 11 rings (SSSR count). The van der Waals surface area contributed by atoms with Gasteiger partial charge in [0, 0.05) is 27.9 Å². The van der Waals surface area contributed by atoms with E-state index in [1.165, 1.54) is 60.9 Å². The van der Waals surface area contributed by atoms with Crippen molar-refractivity contribution in [3.8, 4) is 22.5 Å². The van der Waals surface area contributed by atoms with Gasteiger partial charge >= 0.3 is 0 Å². The fourth-order valence-electron chi connectivity index (χ4n) is 9.59. The van der Waals surface area contributed by atoms with Crippen molar-refractivity contribution >= 4 is 61.0 Å². The zero-order chi connectivity index (χ0) is 41.0. The lowest BCUT2D eigenvalue weighted by molar-refractivity contribution is 0.707. The predicted octanol–water partition coefficient (Wildman–Crippen LogP) is 14.3. The van der Waals surface area contributed by atoms with E-state index in [9.17, 15) is 0 Å². The van der Waals surface area contributed by atoms with Gasteiger partial charge < -0.3 is 4.57 Å². The summed E-state index contributed by atoms with van der Waals surface area (Å²) in [5, 5.41) is 2.48. The molecule has 5 heteroatoms. The number of fused-ring (bicyclic) bond motifs is 8. The van der Waals surface area contributed by atoms with Gasteiger partial charge in [-0.05, 0) is 146 Å². The van der Waals surface area contributed by atoms with E-state index in [0.29, 0.717) is 0 Å². The second-order valence-electron chi connectivity index (χ2n) is 16.5. The molecule has 3 aromatic heterocycles. The number of aromatic nitrogens is 4. The maximum absolute atomic E-state index is 5.13. The van der Waals surface area contributed by atoms with Crippen LogP contribution in [-0.4, -0.2) is 24.2 Å². The minimum absolute atomic E-state index is 0.286. The summed E-state index contributed by atoms with van der Waals surface area (Å²) in [6.45, 7) is 6.59. The van der Waals surface area contributed by atoms with Gasteiger partial charge in [-0.15, -0.1) is 0 Å². The molecule has 0 saturated heterocycles. The fraction of sp³-hybridized carbons (Fsp3) is 0.107. The van der Waals surface area contributed by atoms with Gasteiger partial charge in [-0.25, -0.2) is 4.98 Å². The molecule has 1 unspecified atom stereocenters. The van der Waals surface area contributed by atoms with Crippen LogP contribution in [0.25, 0.3) is 72.2 Å². The highest BCUT2D eigenvalue weighted by Gasteiger charge is 2.21. The predicted molar refractivity (Wildman–Crippen MR) is 255 cm³/mol. The molecule has 0 saturated carbocycles. The topological polar surface area (TPSA) is 39.5 Å². The fourth-order valence-corrected chi connectivity index (χ4v) is 9.59. The Kier molecular flexibility index (Phi) is 8.96. The summed E-state index contributed by atoms with van der Waals surface area (Å²) in [5.41, 5.74) is 18.7. The molecule has 0 N–H and O–H groups in total. The van der Waals surface area contributed by atoms with Crippen molar-refractivity contribution in [1.82, 2.24) is 18.5 Å². The van der Waals surface area contributed by atoms with Crippen LogP contribution in [0.5, 0.6) is 0 Å². The molecule has 0 radical (unpaired) electrons. The Bertz CT molecular complexity index is 3460. The number of nitrogens with zero attached hydrogens (tertiary/aromatic N) is 5. The van der Waals surface area contributed by atoms with Gasteiger partial charge in [0.05, 0.1) is 38.8 Å². The molecule has 0 aliphatic heterocycles. The highest BCUT2D eigenvalue weighted by Crippen LogP contribution is 2.38. The summed E-state index contributed by atoms with van der Waals surface area (Å²) in [4.78, 5) is 10.2. The van der Waals surface area contributed by atoms with Gasteiger partial charge in [-0.3, -0.25) is 14.0 Å². The first-order chi connectivity index (χ1) is 30.0. The zero-order valence-corrected chi connectivity index (χ0v) is 34.6. The first-order valence-corrected chi connectivity index (χ1v) is 21.2. The van der Waals surface area contributed by atoms with Crippen LogP contribution in [0.4, 0.5) is 5.69 Å². The van der Waals surface area contributed by atoms with Crippen molar-refractivity contribution in [3.05, 3.63) is 210 Å². The SMILES string of the molecule is CC(CC(Cc1ccccc1)c1ccc(-n2c3ccccc3c3cc(-c4ccc5c(c4)n4c6ccccc6nc4n5-c4ccccc4)ccc32)cc1C)=Nc1ccccc1C. The Balaban J connectivity index is 1.00. The number of hydrogen-bond acceptors (Lipinski definition) is 2. The van der Waals surface area contributed by atoms with E-state index in [1.54, 1.807) is 0 Å². The number of imidazole rings is 2. The van der Waals surface area contributed by atoms with Gasteiger partial charge in [0.2, 0.25) is 5.78 Å². The first-order valence-electron chi connectivity index (χ1n) is 21.2. The van der Waals surface area contributed by atoms with Crippen molar-refractivity contribution in [3.63, 3.8) is 0 Å². The summed E-state index contributed by atoms with van der Waals surface area (Å²) in [6.07, 6.45) is 1.83. The van der Waals surface area contributed by atoms with Crippen molar-refractivity contribution in [2.75, 3.05) is 0 Å². The molecular weight excluding hydrogens is 743 g/mol. The lowest BCUT2D eigenvalue weighted by Gasteiger charge is -2.21. The van der Waals surface area contributed by atoms with Gasteiger partial charge in [0.15, 0.2) is 0 Å². The zero-order valence-electron chi connectivity index (χ0n) is 34.6. The van der Waals surface area contributed by atoms with E-state index in [-0.39, 0.29) is 5.92 Å². The van der Waals surface area contributed by atoms with E-state index in [2.05, 4.69) is 222 Å². The molecule has 11 aromatic rings. The molecule has 0 aliphatic rings. The lowest BCUT2D eigenvalue weighted by Crippen LogP contribution is -2.10. The van der Waals surface area contributed by atoms with Gasteiger partial charge in [0.1, 0.15) is 0 Å². The highest BCUT2D eigenvalue weighted by atomic mass is 15.2. The van der Waals surface area contributed by atoms with Crippen LogP contribution in [0.3, 0.4) is 0 Å². The summed E-state index contributed by atoms with van der Waals surface area (Å²) in [6, 6.07) is 67.9. The van der Waals surface area contributed by atoms with E-state index in [1.807, 2.05) is 0 Å². The van der Waals surface area contributed by atoms with E-state index in [4.69, 9.17) is 9.98 Å². The Hall–Kier alpha value is -7.50. The van der Waals surface area contributed by atoms with E-state index < -0.39 is 0 Å². The number of hydrogen-bond donors (Lipinski definition) is 0. The monoisotopic (exact) mass is 787 g/mol. The van der Waals surface area contributed by atoms with Crippen LogP contribution >= 0.6 is 0 Å². The summed E-state index contributed by atoms with van der Waals surface area (Å²) < 4.78 is 7.01. The second-order valence-corrected chi connectivity index (χ2v) is 16.5. The van der Waals surface area contributed by atoms with Crippen LogP contribution < -0.4 is 0 Å². The van der Waals surface area contributed by atoms with Crippen molar-refractivity contribution in [2.24, 2.45) is 4.99 Å². The molecule has 0 bridgehead atoms. The first kappa shape index (κ1) is 36.6. The van der Waals surface area contributed by atoms with Crippen LogP contribution in [0.2, 0.25) is 0 Å². The molecule has 0 fully saturated rings. The minimum atomic E-state index is 0.286. The molecule has 3 heterocycles. The van der Waals surface area contributed by atoms with Gasteiger partial charge in [0.25, 0.3) is 0 Å². The quantitative estimate of drug-likeness (QED) is 0.134. The number of para-hydroxylation sites is 5. The third-order valence-electron chi connectivity index (χ3n) is 12.5. The summed E-state index contributed by atoms with van der Waals surface area (Å²) in [5.74, 6) is 1.20. The third kappa shape index (κ3) is 6.41. The van der Waals surface area contributed by atoms with Crippen molar-refractivity contribution in [1.29, 1.82) is 0 Å². The van der Waals surface area contributed by atoms with Crippen molar-refractivity contribution < 1.29 is 0 Å². The van der Waals surface area contributed by atoms with E-state index >= 15 is 0 Å². The number of benzene rings is 8. The maximum atomic E-state index is 5.13. The summed E-state index contributed by atoms with van der Waals surface area (Å²) in [7, 11) is 0. The largest absolute Gasteiger partial charge is 0.309 e. The van der Waals surface area contributed by atoms with Crippen LogP contribution in [0.1, 0.15) is 41.5 Å². The summed E-state index contributed by atoms with van der Waals surface area (Å²) >= 11 is 0. The van der Waals surface area contributed by atoms with Crippen LogP contribution in [0, 0.1) is 13.8 Å². The molecule has 0 aliphatic carbocycles.